The summed E-state index contributed by atoms with van der Waals surface area (Å²) >= 11 is 0. The van der Waals surface area contributed by atoms with Gasteiger partial charge in [0.05, 0.1) is 23.9 Å². The number of nitrogens with zero attached hydrogens (tertiary/aromatic N) is 4. The van der Waals surface area contributed by atoms with Gasteiger partial charge in [-0.05, 0) is 31.0 Å². The Morgan fingerprint density at radius 3 is 2.69 bits per heavy atom. The van der Waals surface area contributed by atoms with Crippen LogP contribution in [0.2, 0.25) is 0 Å². The summed E-state index contributed by atoms with van der Waals surface area (Å²) in [6, 6.07) is 10.4. The van der Waals surface area contributed by atoms with Gasteiger partial charge in [-0.1, -0.05) is 30.3 Å². The highest BCUT2D eigenvalue weighted by Gasteiger charge is 2.28. The van der Waals surface area contributed by atoms with Crippen molar-refractivity contribution >= 4 is 34.7 Å². The predicted molar refractivity (Wildman–Crippen MR) is 135 cm³/mol. The molecule has 0 spiro atoms. The molecule has 2 fully saturated rings. The third kappa shape index (κ3) is 4.90. The summed E-state index contributed by atoms with van der Waals surface area (Å²) in [6.45, 7) is 3.73. The monoisotopic (exact) mass is 474 g/mol. The van der Waals surface area contributed by atoms with Crippen LogP contribution in [0, 0.1) is 0 Å². The van der Waals surface area contributed by atoms with Gasteiger partial charge in [-0.25, -0.2) is 9.78 Å². The van der Waals surface area contributed by atoms with Crippen molar-refractivity contribution in [2.24, 2.45) is 0 Å². The summed E-state index contributed by atoms with van der Waals surface area (Å²) in [5.41, 5.74) is 4.31. The van der Waals surface area contributed by atoms with Gasteiger partial charge < -0.3 is 19.9 Å². The van der Waals surface area contributed by atoms with Crippen LogP contribution in [0.25, 0.3) is 28.2 Å². The highest BCUT2D eigenvalue weighted by molar-refractivity contribution is 6.03. The Balaban J connectivity index is 1.47. The molecule has 2 aliphatic rings. The molecule has 2 aromatic heterocycles. The molecule has 2 aliphatic heterocycles. The SMILES string of the molecule is COC(=O)/C=C/c1[nH]nc2ncc(-c3ccccc3)c(N3CCN(C(=O)C[C@H]4CCCN4)CC3)c12. The molecule has 1 amide bonds. The van der Waals surface area contributed by atoms with Crippen molar-refractivity contribution in [3.8, 4) is 11.1 Å². The Labute approximate surface area is 204 Å². The van der Waals surface area contributed by atoms with Crippen LogP contribution >= 0.6 is 0 Å². The Hall–Kier alpha value is -3.72. The molecule has 1 atom stereocenters. The molecular weight excluding hydrogens is 444 g/mol. The Morgan fingerprint density at radius 2 is 1.97 bits per heavy atom. The van der Waals surface area contributed by atoms with Crippen molar-refractivity contribution in [3.63, 3.8) is 0 Å². The average molecular weight is 475 g/mol. The lowest BCUT2D eigenvalue weighted by Crippen LogP contribution is -2.50. The van der Waals surface area contributed by atoms with Gasteiger partial charge in [-0.2, -0.15) is 5.10 Å². The number of piperazine rings is 1. The van der Waals surface area contributed by atoms with Gasteiger partial charge in [0, 0.05) is 56.5 Å². The van der Waals surface area contributed by atoms with Crippen molar-refractivity contribution in [2.75, 3.05) is 44.7 Å². The van der Waals surface area contributed by atoms with E-state index in [9.17, 15) is 9.59 Å². The number of nitrogens with one attached hydrogen (secondary N) is 2. The van der Waals surface area contributed by atoms with Gasteiger partial charge in [0.2, 0.25) is 5.91 Å². The van der Waals surface area contributed by atoms with Gasteiger partial charge in [-0.3, -0.25) is 9.89 Å². The van der Waals surface area contributed by atoms with Crippen molar-refractivity contribution in [1.29, 1.82) is 0 Å². The average Bonchev–Trinajstić information content (AvgIpc) is 3.57. The lowest BCUT2D eigenvalue weighted by molar-refractivity contribution is -0.135. The van der Waals surface area contributed by atoms with Crippen LogP contribution in [0.4, 0.5) is 5.69 Å². The summed E-state index contributed by atoms with van der Waals surface area (Å²) in [6.07, 6.45) is 7.69. The zero-order valence-electron chi connectivity index (χ0n) is 19.9. The van der Waals surface area contributed by atoms with Crippen LogP contribution in [0.1, 0.15) is 25.0 Å². The number of hydrogen-bond acceptors (Lipinski definition) is 7. The van der Waals surface area contributed by atoms with Gasteiger partial charge in [0.25, 0.3) is 0 Å². The number of ether oxygens (including phenoxy) is 1. The van der Waals surface area contributed by atoms with E-state index in [1.165, 1.54) is 13.2 Å². The second kappa shape index (κ2) is 10.3. The fraction of sp³-hybridized carbons (Fsp3) is 0.385. The number of fused-ring (bicyclic) bond motifs is 1. The van der Waals surface area contributed by atoms with Crippen LogP contribution in [0.3, 0.4) is 0 Å². The molecule has 35 heavy (non-hydrogen) atoms. The number of methoxy groups -OCH3 is 1. The molecule has 0 radical (unpaired) electrons. The number of pyridine rings is 1. The maximum absolute atomic E-state index is 12.9. The smallest absolute Gasteiger partial charge is 0.330 e. The topological polar surface area (TPSA) is 103 Å². The Kier molecular flexibility index (Phi) is 6.76. The summed E-state index contributed by atoms with van der Waals surface area (Å²) in [5, 5.41) is 11.7. The Morgan fingerprint density at radius 1 is 1.17 bits per heavy atom. The minimum Gasteiger partial charge on any atom is -0.466 e. The van der Waals surface area contributed by atoms with Crippen LogP contribution in [-0.2, 0) is 14.3 Å². The fourth-order valence-corrected chi connectivity index (χ4v) is 4.94. The normalized spacial score (nSPS) is 18.5. The lowest BCUT2D eigenvalue weighted by Gasteiger charge is -2.37. The number of carbonyl (C=O) groups is 2. The molecule has 2 N–H and O–H groups in total. The van der Waals surface area contributed by atoms with Crippen LogP contribution in [0.5, 0.6) is 0 Å². The molecule has 0 aliphatic carbocycles. The van der Waals surface area contributed by atoms with Crippen molar-refractivity contribution in [1.82, 2.24) is 25.4 Å². The number of anilines is 1. The number of esters is 1. The van der Waals surface area contributed by atoms with E-state index in [1.807, 2.05) is 29.3 Å². The van der Waals surface area contributed by atoms with E-state index in [2.05, 4.69) is 37.5 Å². The number of H-pyrrole nitrogens is 1. The van der Waals surface area contributed by atoms with Crippen LogP contribution in [-0.4, -0.2) is 77.8 Å². The van der Waals surface area contributed by atoms with E-state index < -0.39 is 5.97 Å². The third-order valence-electron chi connectivity index (χ3n) is 6.79. The van der Waals surface area contributed by atoms with Crippen LogP contribution in [0.15, 0.2) is 42.6 Å². The molecule has 9 heteroatoms. The van der Waals surface area contributed by atoms with E-state index in [0.717, 1.165) is 41.6 Å². The van der Waals surface area contributed by atoms with Gasteiger partial charge in [0.15, 0.2) is 5.65 Å². The van der Waals surface area contributed by atoms with E-state index in [1.54, 1.807) is 6.08 Å². The van der Waals surface area contributed by atoms with E-state index in [0.29, 0.717) is 50.0 Å². The number of aromatic amines is 1. The molecule has 2 saturated heterocycles. The molecular formula is C26H30N6O3. The second-order valence-electron chi connectivity index (χ2n) is 8.94. The van der Waals surface area contributed by atoms with Crippen molar-refractivity contribution in [3.05, 3.63) is 48.3 Å². The summed E-state index contributed by atoms with van der Waals surface area (Å²) in [7, 11) is 1.35. The van der Waals surface area contributed by atoms with E-state index in [4.69, 9.17) is 4.74 Å². The van der Waals surface area contributed by atoms with Crippen molar-refractivity contribution < 1.29 is 14.3 Å². The van der Waals surface area contributed by atoms with Gasteiger partial charge >= 0.3 is 5.97 Å². The molecule has 1 aromatic carbocycles. The van der Waals surface area contributed by atoms with E-state index >= 15 is 0 Å². The summed E-state index contributed by atoms with van der Waals surface area (Å²) in [4.78, 5) is 33.5. The highest BCUT2D eigenvalue weighted by atomic mass is 16.5. The Bertz CT molecular complexity index is 1220. The fourth-order valence-electron chi connectivity index (χ4n) is 4.94. The third-order valence-corrected chi connectivity index (χ3v) is 6.79. The zero-order valence-corrected chi connectivity index (χ0v) is 19.9. The molecule has 0 unspecified atom stereocenters. The molecule has 3 aromatic rings. The maximum Gasteiger partial charge on any atom is 0.330 e. The molecule has 5 rings (SSSR count). The number of carbonyl (C=O) groups excluding carboxylic acids is 2. The number of hydrogen-bond donors (Lipinski definition) is 2. The number of amides is 1. The number of aromatic nitrogens is 3. The first-order valence-corrected chi connectivity index (χ1v) is 12.1. The molecule has 4 heterocycles. The minimum absolute atomic E-state index is 0.220. The minimum atomic E-state index is -0.439. The number of benzene rings is 1. The largest absolute Gasteiger partial charge is 0.466 e. The van der Waals surface area contributed by atoms with Gasteiger partial charge in [-0.15, -0.1) is 0 Å². The molecule has 0 bridgehead atoms. The highest BCUT2D eigenvalue weighted by Crippen LogP contribution is 2.38. The molecule has 9 nitrogen and oxygen atoms in total. The summed E-state index contributed by atoms with van der Waals surface area (Å²) in [5.74, 6) is -0.220. The van der Waals surface area contributed by atoms with Gasteiger partial charge in [0.1, 0.15) is 0 Å². The van der Waals surface area contributed by atoms with Crippen molar-refractivity contribution in [2.45, 2.75) is 25.3 Å². The first-order valence-electron chi connectivity index (χ1n) is 12.1. The standard InChI is InChI=1S/C26H30N6O3/c1-35-23(34)10-9-21-24-25(20(17-28-26(24)30-29-21)18-6-3-2-4-7-18)32-14-12-31(13-15-32)22(33)16-19-8-5-11-27-19/h2-4,6-7,9-10,17,19,27H,5,8,11-16H2,1H3,(H,28,29,30)/b10-9+/t19-/m1/s1. The molecule has 182 valence electrons. The zero-order chi connectivity index (χ0) is 24.2. The summed E-state index contributed by atoms with van der Waals surface area (Å²) < 4.78 is 4.75. The lowest BCUT2D eigenvalue weighted by atomic mass is 10.0. The predicted octanol–water partition coefficient (Wildman–Crippen LogP) is 2.60. The first kappa shape index (κ1) is 23.0. The number of rotatable bonds is 6. The van der Waals surface area contributed by atoms with Crippen LogP contribution < -0.4 is 10.2 Å². The maximum atomic E-state index is 12.9. The molecule has 0 saturated carbocycles. The second-order valence-corrected chi connectivity index (χ2v) is 8.94. The first-order chi connectivity index (χ1) is 17.1. The quantitative estimate of drug-likeness (QED) is 0.418. The van der Waals surface area contributed by atoms with E-state index in [-0.39, 0.29) is 5.91 Å².